The Bertz CT molecular complexity index is 908. The van der Waals surface area contributed by atoms with Crippen molar-refractivity contribution < 1.29 is 18.0 Å². The van der Waals surface area contributed by atoms with Gasteiger partial charge in [0, 0.05) is 25.4 Å². The number of nitrogens with zero attached hydrogens (tertiary/aromatic N) is 3. The summed E-state index contributed by atoms with van der Waals surface area (Å²) in [4.78, 5) is 27.0. The van der Waals surface area contributed by atoms with Gasteiger partial charge in [-0.3, -0.25) is 9.59 Å². The summed E-state index contributed by atoms with van der Waals surface area (Å²) in [5.74, 6) is -0.310. The van der Waals surface area contributed by atoms with Crippen LogP contribution in [-0.4, -0.2) is 54.9 Å². The van der Waals surface area contributed by atoms with Gasteiger partial charge in [-0.1, -0.05) is 12.1 Å². The molecule has 0 bridgehead atoms. The lowest BCUT2D eigenvalue weighted by Crippen LogP contribution is -2.46. The SMILES string of the molecule is CCN(C(=O)C1=NN(c2cc(C)ccc2C)C(=O)CC1)[C@@H]1CCS(=O)(=O)C1. The number of hydrogen-bond acceptors (Lipinski definition) is 5. The van der Waals surface area contributed by atoms with Crippen LogP contribution in [0.1, 0.15) is 37.3 Å². The second-order valence-electron chi connectivity index (χ2n) is 7.19. The van der Waals surface area contributed by atoms with Crippen LogP contribution in [0.25, 0.3) is 0 Å². The molecule has 1 atom stereocenters. The summed E-state index contributed by atoms with van der Waals surface area (Å²) in [6.07, 6.45) is 0.933. The van der Waals surface area contributed by atoms with E-state index in [1.54, 1.807) is 4.90 Å². The van der Waals surface area contributed by atoms with Crippen molar-refractivity contribution in [2.75, 3.05) is 23.1 Å². The third-order valence-electron chi connectivity index (χ3n) is 5.12. The Labute approximate surface area is 159 Å². The van der Waals surface area contributed by atoms with E-state index < -0.39 is 9.84 Å². The van der Waals surface area contributed by atoms with Gasteiger partial charge in [0.1, 0.15) is 5.71 Å². The number of rotatable bonds is 4. The second-order valence-corrected chi connectivity index (χ2v) is 9.42. The molecule has 3 rings (SSSR count). The number of aryl methyl sites for hydroxylation is 2. The van der Waals surface area contributed by atoms with Crippen molar-refractivity contribution >= 4 is 33.1 Å². The lowest BCUT2D eigenvalue weighted by Gasteiger charge is -2.30. The maximum absolute atomic E-state index is 13.0. The van der Waals surface area contributed by atoms with Crippen molar-refractivity contribution in [2.24, 2.45) is 5.10 Å². The molecule has 2 aliphatic rings. The molecule has 0 spiro atoms. The molecule has 0 aliphatic carbocycles. The summed E-state index contributed by atoms with van der Waals surface area (Å²) in [5, 5.41) is 5.69. The molecule has 0 radical (unpaired) electrons. The van der Waals surface area contributed by atoms with Crippen LogP contribution in [0.4, 0.5) is 5.69 Å². The van der Waals surface area contributed by atoms with E-state index in [9.17, 15) is 18.0 Å². The highest BCUT2D eigenvalue weighted by Gasteiger charge is 2.36. The van der Waals surface area contributed by atoms with Crippen LogP contribution in [0.5, 0.6) is 0 Å². The molecule has 0 saturated carbocycles. The Balaban J connectivity index is 1.89. The largest absolute Gasteiger partial charge is 0.334 e. The summed E-state index contributed by atoms with van der Waals surface area (Å²) in [5.41, 5.74) is 2.89. The Hall–Kier alpha value is -2.22. The minimum atomic E-state index is -3.09. The molecule has 2 heterocycles. The zero-order valence-electron chi connectivity index (χ0n) is 15.9. The van der Waals surface area contributed by atoms with Crippen LogP contribution in [0.3, 0.4) is 0 Å². The molecule has 2 amide bonds. The third kappa shape index (κ3) is 4.05. The van der Waals surface area contributed by atoms with Crippen LogP contribution in [0, 0.1) is 13.8 Å². The molecular formula is C19H25N3O4S. The fourth-order valence-electron chi connectivity index (χ4n) is 3.60. The first-order valence-electron chi connectivity index (χ1n) is 9.21. The first-order valence-corrected chi connectivity index (χ1v) is 11.0. The lowest BCUT2D eigenvalue weighted by molar-refractivity contribution is -0.125. The average Bonchev–Trinajstić information content (AvgIpc) is 2.98. The molecule has 8 heteroatoms. The summed E-state index contributed by atoms with van der Waals surface area (Å²) in [6, 6.07) is 5.45. The monoisotopic (exact) mass is 391 g/mol. The number of carbonyl (C=O) groups excluding carboxylic acids is 2. The van der Waals surface area contributed by atoms with Gasteiger partial charge in [0.15, 0.2) is 9.84 Å². The van der Waals surface area contributed by atoms with E-state index in [1.165, 1.54) is 5.01 Å². The van der Waals surface area contributed by atoms with Gasteiger partial charge in [-0.15, -0.1) is 0 Å². The molecule has 1 aromatic carbocycles. The highest BCUT2D eigenvalue weighted by molar-refractivity contribution is 7.91. The van der Waals surface area contributed by atoms with Crippen LogP contribution >= 0.6 is 0 Å². The highest BCUT2D eigenvalue weighted by atomic mass is 32.2. The minimum Gasteiger partial charge on any atom is -0.334 e. The summed E-state index contributed by atoms with van der Waals surface area (Å²) >= 11 is 0. The van der Waals surface area contributed by atoms with Crippen molar-refractivity contribution in [1.29, 1.82) is 0 Å². The van der Waals surface area contributed by atoms with E-state index in [1.807, 2.05) is 39.0 Å². The number of amides is 2. The molecule has 0 aromatic heterocycles. The molecule has 0 N–H and O–H groups in total. The molecule has 2 aliphatic heterocycles. The minimum absolute atomic E-state index is 0.000503. The zero-order chi connectivity index (χ0) is 19.8. The van der Waals surface area contributed by atoms with E-state index in [-0.39, 0.29) is 42.2 Å². The number of sulfone groups is 1. The van der Waals surface area contributed by atoms with Gasteiger partial charge < -0.3 is 4.90 Å². The van der Waals surface area contributed by atoms with Crippen molar-refractivity contribution in [3.8, 4) is 0 Å². The Morgan fingerprint density at radius 1 is 1.30 bits per heavy atom. The van der Waals surface area contributed by atoms with E-state index in [0.717, 1.165) is 11.1 Å². The first-order chi connectivity index (χ1) is 12.7. The predicted molar refractivity (Wildman–Crippen MR) is 105 cm³/mol. The second kappa shape index (κ2) is 7.42. The fourth-order valence-corrected chi connectivity index (χ4v) is 5.33. The standard InChI is InChI=1S/C19H25N3O4S/c1-4-21(15-9-10-27(25,26)12-15)19(24)16-7-8-18(23)22(20-16)17-11-13(2)5-6-14(17)3/h5-6,11,15H,4,7-10,12H2,1-3H3/t15-/m1/s1. The summed E-state index contributed by atoms with van der Waals surface area (Å²) in [7, 11) is -3.09. The number of anilines is 1. The predicted octanol–water partition coefficient (Wildman–Crippen LogP) is 1.82. The summed E-state index contributed by atoms with van der Waals surface area (Å²) in [6.45, 7) is 6.08. The van der Waals surface area contributed by atoms with Crippen molar-refractivity contribution in [2.45, 2.75) is 46.1 Å². The van der Waals surface area contributed by atoms with Gasteiger partial charge in [0.2, 0.25) is 5.91 Å². The van der Waals surface area contributed by atoms with E-state index in [2.05, 4.69) is 5.10 Å². The zero-order valence-corrected chi connectivity index (χ0v) is 16.8. The Kier molecular flexibility index (Phi) is 5.37. The maximum Gasteiger partial charge on any atom is 0.270 e. The van der Waals surface area contributed by atoms with Gasteiger partial charge in [0.05, 0.1) is 17.2 Å². The van der Waals surface area contributed by atoms with Crippen LogP contribution < -0.4 is 5.01 Å². The van der Waals surface area contributed by atoms with Crippen molar-refractivity contribution in [1.82, 2.24) is 4.90 Å². The van der Waals surface area contributed by atoms with Crippen LogP contribution in [-0.2, 0) is 19.4 Å². The molecular weight excluding hydrogens is 366 g/mol. The topological polar surface area (TPSA) is 87.1 Å². The fraction of sp³-hybridized carbons (Fsp3) is 0.526. The van der Waals surface area contributed by atoms with Gasteiger partial charge in [-0.05, 0) is 44.4 Å². The van der Waals surface area contributed by atoms with Gasteiger partial charge in [-0.2, -0.15) is 5.10 Å². The van der Waals surface area contributed by atoms with E-state index >= 15 is 0 Å². The molecule has 1 fully saturated rings. The van der Waals surface area contributed by atoms with Crippen molar-refractivity contribution in [3.05, 3.63) is 29.3 Å². The molecule has 27 heavy (non-hydrogen) atoms. The summed E-state index contributed by atoms with van der Waals surface area (Å²) < 4.78 is 23.6. The van der Waals surface area contributed by atoms with Gasteiger partial charge >= 0.3 is 0 Å². The number of carbonyl (C=O) groups is 2. The Morgan fingerprint density at radius 3 is 2.67 bits per heavy atom. The molecule has 146 valence electrons. The maximum atomic E-state index is 13.0. The first kappa shape index (κ1) is 19.5. The molecule has 7 nitrogen and oxygen atoms in total. The molecule has 1 saturated heterocycles. The number of hydrogen-bond donors (Lipinski definition) is 0. The van der Waals surface area contributed by atoms with Crippen molar-refractivity contribution in [3.63, 3.8) is 0 Å². The molecule has 0 unspecified atom stereocenters. The quantitative estimate of drug-likeness (QED) is 0.783. The van der Waals surface area contributed by atoms with Crippen LogP contribution in [0.2, 0.25) is 0 Å². The van der Waals surface area contributed by atoms with Gasteiger partial charge in [-0.25, -0.2) is 13.4 Å². The van der Waals surface area contributed by atoms with E-state index in [0.29, 0.717) is 24.4 Å². The molecule has 1 aromatic rings. The lowest BCUT2D eigenvalue weighted by atomic mass is 10.1. The highest BCUT2D eigenvalue weighted by Crippen LogP contribution is 2.26. The third-order valence-corrected chi connectivity index (χ3v) is 6.87. The number of benzene rings is 1. The Morgan fingerprint density at radius 2 is 2.04 bits per heavy atom. The van der Waals surface area contributed by atoms with E-state index in [4.69, 9.17) is 0 Å². The average molecular weight is 391 g/mol. The smallest absolute Gasteiger partial charge is 0.270 e. The van der Waals surface area contributed by atoms with Gasteiger partial charge in [0.25, 0.3) is 5.91 Å². The van der Waals surface area contributed by atoms with Crippen LogP contribution in [0.15, 0.2) is 23.3 Å². The number of hydrazone groups is 1. The normalized spacial score (nSPS) is 21.9.